The number of benzene rings is 1. The molecule has 0 spiro atoms. The van der Waals surface area contributed by atoms with Gasteiger partial charge >= 0.3 is 0 Å². The number of halogens is 1. The van der Waals surface area contributed by atoms with Crippen molar-refractivity contribution in [1.82, 2.24) is 10.6 Å². The summed E-state index contributed by atoms with van der Waals surface area (Å²) in [5.74, 6) is 0.0943. The van der Waals surface area contributed by atoms with Crippen molar-refractivity contribution in [1.29, 1.82) is 0 Å². The lowest BCUT2D eigenvalue weighted by molar-refractivity contribution is -0.125. The van der Waals surface area contributed by atoms with Crippen LogP contribution in [0, 0.1) is 5.41 Å². The highest BCUT2D eigenvalue weighted by atomic mass is 35.5. The van der Waals surface area contributed by atoms with Crippen LogP contribution < -0.4 is 10.6 Å². The lowest BCUT2D eigenvalue weighted by Crippen LogP contribution is -2.54. The molecule has 22 heavy (non-hydrogen) atoms. The van der Waals surface area contributed by atoms with Gasteiger partial charge in [-0.2, -0.15) is 0 Å². The van der Waals surface area contributed by atoms with Gasteiger partial charge < -0.3 is 10.6 Å². The fourth-order valence-corrected chi connectivity index (χ4v) is 3.02. The molecule has 1 fully saturated rings. The number of nitrogens with one attached hydrogen (secondary N) is 2. The lowest BCUT2D eigenvalue weighted by atomic mass is 9.77. The van der Waals surface area contributed by atoms with Crippen LogP contribution in [-0.4, -0.2) is 25.0 Å². The number of carbonyl (C=O) groups excluding carboxylic acids is 1. The van der Waals surface area contributed by atoms with Crippen LogP contribution >= 0.6 is 12.4 Å². The molecule has 4 heteroatoms. The third kappa shape index (κ3) is 4.23. The molecule has 1 amide bonds. The van der Waals surface area contributed by atoms with E-state index in [1.807, 2.05) is 44.2 Å². The van der Waals surface area contributed by atoms with Crippen molar-refractivity contribution < 1.29 is 4.79 Å². The van der Waals surface area contributed by atoms with Gasteiger partial charge in [0, 0.05) is 12.6 Å². The summed E-state index contributed by atoms with van der Waals surface area (Å²) in [7, 11) is 0. The van der Waals surface area contributed by atoms with E-state index in [2.05, 4.69) is 24.5 Å². The van der Waals surface area contributed by atoms with Crippen LogP contribution in [0.3, 0.4) is 0 Å². The predicted molar refractivity (Wildman–Crippen MR) is 94.5 cm³/mol. The minimum Gasteiger partial charge on any atom is -0.354 e. The molecule has 1 unspecified atom stereocenters. The Kier molecular flexibility index (Phi) is 6.45. The number of hydrogen-bond acceptors (Lipinski definition) is 2. The Labute approximate surface area is 140 Å². The minimum atomic E-state index is -0.500. The van der Waals surface area contributed by atoms with Crippen LogP contribution in [0.5, 0.6) is 0 Å². The predicted octanol–water partition coefficient (Wildman–Crippen LogP) is 3.28. The molecular weight excluding hydrogens is 296 g/mol. The van der Waals surface area contributed by atoms with Gasteiger partial charge in [-0.3, -0.25) is 4.79 Å². The van der Waals surface area contributed by atoms with Crippen LogP contribution in [0.2, 0.25) is 0 Å². The number of hydrogen-bond donors (Lipinski definition) is 2. The van der Waals surface area contributed by atoms with Crippen molar-refractivity contribution in [3.8, 4) is 0 Å². The fourth-order valence-electron chi connectivity index (χ4n) is 3.02. The highest BCUT2D eigenvalue weighted by molar-refractivity contribution is 5.87. The maximum atomic E-state index is 12.6. The average molecular weight is 325 g/mol. The van der Waals surface area contributed by atoms with E-state index < -0.39 is 5.41 Å². The smallest absolute Gasteiger partial charge is 0.230 e. The zero-order valence-corrected chi connectivity index (χ0v) is 14.9. The maximum Gasteiger partial charge on any atom is 0.230 e. The second-order valence-corrected chi connectivity index (χ2v) is 7.30. The highest BCUT2D eigenvalue weighted by Gasteiger charge is 2.34. The van der Waals surface area contributed by atoms with E-state index in [9.17, 15) is 4.79 Å². The molecule has 0 saturated carbocycles. The third-order valence-electron chi connectivity index (χ3n) is 4.86. The molecule has 124 valence electrons. The van der Waals surface area contributed by atoms with E-state index in [1.54, 1.807) is 0 Å². The second-order valence-electron chi connectivity index (χ2n) is 7.30. The SMILES string of the molecule is CC(C)(C(=O)NCC1NCCCC1(C)C)c1ccccc1.Cl. The molecule has 2 N–H and O–H groups in total. The normalized spacial score (nSPS) is 20.8. The summed E-state index contributed by atoms with van der Waals surface area (Å²) in [6.07, 6.45) is 2.43. The van der Waals surface area contributed by atoms with Crippen molar-refractivity contribution in [2.75, 3.05) is 13.1 Å². The number of rotatable bonds is 4. The first kappa shape index (κ1) is 19.0. The molecular formula is C18H29ClN2O. The zero-order valence-electron chi connectivity index (χ0n) is 14.1. The fraction of sp³-hybridized carbons (Fsp3) is 0.611. The van der Waals surface area contributed by atoms with Crippen molar-refractivity contribution >= 4 is 18.3 Å². The van der Waals surface area contributed by atoms with E-state index in [0.717, 1.165) is 12.1 Å². The van der Waals surface area contributed by atoms with Crippen molar-refractivity contribution in [2.24, 2.45) is 5.41 Å². The zero-order chi connectivity index (χ0) is 15.5. The Bertz CT molecular complexity index is 485. The van der Waals surface area contributed by atoms with Crippen LogP contribution in [0.15, 0.2) is 30.3 Å². The molecule has 1 heterocycles. The first-order valence-electron chi connectivity index (χ1n) is 7.91. The Morgan fingerprint density at radius 2 is 1.95 bits per heavy atom. The molecule has 1 atom stereocenters. The van der Waals surface area contributed by atoms with Crippen molar-refractivity contribution in [3.63, 3.8) is 0 Å². The summed E-state index contributed by atoms with van der Waals surface area (Å²) in [6.45, 7) is 10.3. The van der Waals surface area contributed by atoms with Gasteiger partial charge in [-0.1, -0.05) is 44.2 Å². The van der Waals surface area contributed by atoms with Gasteiger partial charge in [0.05, 0.1) is 5.41 Å². The second kappa shape index (κ2) is 7.47. The van der Waals surface area contributed by atoms with E-state index in [0.29, 0.717) is 12.6 Å². The largest absolute Gasteiger partial charge is 0.354 e. The van der Waals surface area contributed by atoms with Gasteiger partial charge in [0.15, 0.2) is 0 Å². The molecule has 0 bridgehead atoms. The van der Waals surface area contributed by atoms with Gasteiger partial charge in [0.1, 0.15) is 0 Å². The van der Waals surface area contributed by atoms with E-state index in [1.165, 1.54) is 12.8 Å². The van der Waals surface area contributed by atoms with E-state index in [4.69, 9.17) is 0 Å². The topological polar surface area (TPSA) is 41.1 Å². The quantitative estimate of drug-likeness (QED) is 0.892. The summed E-state index contributed by atoms with van der Waals surface area (Å²) in [5.41, 5.74) is 0.793. The summed E-state index contributed by atoms with van der Waals surface area (Å²) in [5, 5.41) is 6.69. The first-order chi connectivity index (χ1) is 9.84. The van der Waals surface area contributed by atoms with Crippen molar-refractivity contribution in [2.45, 2.75) is 52.0 Å². The summed E-state index contributed by atoms with van der Waals surface area (Å²) in [4.78, 5) is 12.6. The molecule has 1 aliphatic heterocycles. The van der Waals surface area contributed by atoms with Crippen LogP contribution in [-0.2, 0) is 10.2 Å². The molecule has 1 aromatic carbocycles. The molecule has 1 aliphatic rings. The first-order valence-corrected chi connectivity index (χ1v) is 7.91. The Morgan fingerprint density at radius 1 is 1.32 bits per heavy atom. The van der Waals surface area contributed by atoms with Gasteiger partial charge in [-0.25, -0.2) is 0 Å². The minimum absolute atomic E-state index is 0. The van der Waals surface area contributed by atoms with E-state index in [-0.39, 0.29) is 23.7 Å². The Morgan fingerprint density at radius 3 is 2.55 bits per heavy atom. The summed E-state index contributed by atoms with van der Waals surface area (Å²) < 4.78 is 0. The summed E-state index contributed by atoms with van der Waals surface area (Å²) >= 11 is 0. The number of carbonyl (C=O) groups is 1. The number of piperidine rings is 1. The van der Waals surface area contributed by atoms with Crippen LogP contribution in [0.4, 0.5) is 0 Å². The van der Waals surface area contributed by atoms with E-state index >= 15 is 0 Å². The molecule has 3 nitrogen and oxygen atoms in total. The third-order valence-corrected chi connectivity index (χ3v) is 4.86. The Balaban J connectivity index is 0.00000242. The standard InChI is InChI=1S/C18H28N2O.ClH/c1-17(2)11-8-12-19-15(17)13-20-16(21)18(3,4)14-9-6-5-7-10-14;/h5-7,9-10,15,19H,8,11-13H2,1-4H3,(H,20,21);1H. The molecule has 0 aromatic heterocycles. The Hall–Kier alpha value is -1.06. The molecule has 0 radical (unpaired) electrons. The summed E-state index contributed by atoms with van der Waals surface area (Å²) in [6, 6.07) is 10.3. The van der Waals surface area contributed by atoms with Crippen molar-refractivity contribution in [3.05, 3.63) is 35.9 Å². The van der Waals surface area contributed by atoms with Crippen LogP contribution in [0.1, 0.15) is 46.1 Å². The van der Waals surface area contributed by atoms with Gasteiger partial charge in [-0.05, 0) is 44.2 Å². The maximum absolute atomic E-state index is 12.6. The molecule has 2 rings (SSSR count). The van der Waals surface area contributed by atoms with Crippen LogP contribution in [0.25, 0.3) is 0 Å². The van der Waals surface area contributed by atoms with Gasteiger partial charge in [-0.15, -0.1) is 12.4 Å². The monoisotopic (exact) mass is 324 g/mol. The molecule has 1 aromatic rings. The molecule has 1 saturated heterocycles. The average Bonchev–Trinajstić information content (AvgIpc) is 2.46. The highest BCUT2D eigenvalue weighted by Crippen LogP contribution is 2.30. The number of amides is 1. The van der Waals surface area contributed by atoms with Gasteiger partial charge in [0.25, 0.3) is 0 Å². The lowest BCUT2D eigenvalue weighted by Gasteiger charge is -2.40. The van der Waals surface area contributed by atoms with Gasteiger partial charge in [0.2, 0.25) is 5.91 Å². The molecule has 0 aliphatic carbocycles.